The van der Waals surface area contributed by atoms with Crippen LogP contribution < -0.4 is 10.6 Å². The summed E-state index contributed by atoms with van der Waals surface area (Å²) in [6.45, 7) is 2.64. The van der Waals surface area contributed by atoms with Crippen LogP contribution in [0.1, 0.15) is 23.8 Å². The highest BCUT2D eigenvalue weighted by atomic mass is 32.1. The lowest BCUT2D eigenvalue weighted by Gasteiger charge is -2.05. The van der Waals surface area contributed by atoms with Crippen LogP contribution >= 0.6 is 11.3 Å². The number of amides is 1. The Balaban J connectivity index is 2.45. The second-order valence-corrected chi connectivity index (χ2v) is 3.89. The highest BCUT2D eigenvalue weighted by molar-refractivity contribution is 7.14. The molecule has 88 valence electrons. The topological polar surface area (TPSA) is 91.3 Å². The fourth-order valence-electron chi connectivity index (χ4n) is 1.01. The minimum atomic E-state index is -1.10. The van der Waals surface area contributed by atoms with Crippen LogP contribution in [0, 0.1) is 0 Å². The molecule has 3 N–H and O–H groups in total. The van der Waals surface area contributed by atoms with Crippen molar-refractivity contribution in [1.29, 1.82) is 0 Å². The zero-order valence-electron chi connectivity index (χ0n) is 8.82. The third-order valence-corrected chi connectivity index (χ3v) is 2.54. The average molecular weight is 243 g/mol. The van der Waals surface area contributed by atoms with Gasteiger partial charge in [-0.15, -0.1) is 11.3 Å². The molecule has 0 unspecified atom stereocenters. The third kappa shape index (κ3) is 3.50. The second kappa shape index (κ2) is 6.06. The van der Waals surface area contributed by atoms with Crippen molar-refractivity contribution in [2.45, 2.75) is 13.3 Å². The molecule has 0 saturated carbocycles. The van der Waals surface area contributed by atoms with Crippen molar-refractivity contribution in [3.8, 4) is 0 Å². The van der Waals surface area contributed by atoms with Crippen LogP contribution in [0.4, 0.5) is 5.00 Å². The number of hydrogen-bond donors (Lipinski definition) is 3. The van der Waals surface area contributed by atoms with Gasteiger partial charge in [0, 0.05) is 6.54 Å². The summed E-state index contributed by atoms with van der Waals surface area (Å²) in [6, 6.07) is 0. The molecule has 1 aromatic heterocycles. The molecule has 1 amide bonds. The lowest BCUT2D eigenvalue weighted by molar-refractivity contribution is -0.119. The first-order valence-corrected chi connectivity index (χ1v) is 5.70. The summed E-state index contributed by atoms with van der Waals surface area (Å²) in [6.07, 6.45) is 0.868. The van der Waals surface area contributed by atoms with Crippen molar-refractivity contribution < 1.29 is 14.7 Å². The summed E-state index contributed by atoms with van der Waals surface area (Å²) in [5, 5.41) is 14.6. The zero-order valence-corrected chi connectivity index (χ0v) is 9.63. The van der Waals surface area contributed by atoms with Crippen molar-refractivity contribution in [3.05, 3.63) is 11.2 Å². The number of aromatic nitrogens is 1. The van der Waals surface area contributed by atoms with E-state index >= 15 is 0 Å². The van der Waals surface area contributed by atoms with Gasteiger partial charge in [0.25, 0.3) is 0 Å². The maximum atomic E-state index is 11.2. The van der Waals surface area contributed by atoms with Gasteiger partial charge in [-0.2, -0.15) is 0 Å². The van der Waals surface area contributed by atoms with Crippen LogP contribution in [0.15, 0.2) is 5.51 Å². The Morgan fingerprint density at radius 1 is 1.56 bits per heavy atom. The van der Waals surface area contributed by atoms with Crippen molar-refractivity contribution in [2.75, 3.05) is 18.4 Å². The molecule has 7 heteroatoms. The molecule has 1 rings (SSSR count). The van der Waals surface area contributed by atoms with Gasteiger partial charge in [-0.05, 0) is 6.42 Å². The summed E-state index contributed by atoms with van der Waals surface area (Å²) in [4.78, 5) is 25.6. The standard InChI is InChI=1S/C9H13N3O3S/c1-2-3-10-6(13)4-11-8-7(9(14)15)12-5-16-8/h5,11H,2-4H2,1H3,(H,10,13)(H,14,15). The molecule has 6 nitrogen and oxygen atoms in total. The van der Waals surface area contributed by atoms with Crippen LogP contribution in [-0.4, -0.2) is 35.1 Å². The molecule has 0 aliphatic carbocycles. The van der Waals surface area contributed by atoms with Gasteiger partial charge in [-0.3, -0.25) is 4.79 Å². The molecule has 1 aromatic rings. The van der Waals surface area contributed by atoms with Crippen LogP contribution in [-0.2, 0) is 4.79 Å². The molecule has 0 aromatic carbocycles. The first kappa shape index (κ1) is 12.4. The number of carboxylic acids is 1. The number of hydrogen-bond acceptors (Lipinski definition) is 5. The fraction of sp³-hybridized carbons (Fsp3) is 0.444. The van der Waals surface area contributed by atoms with E-state index in [1.807, 2.05) is 6.92 Å². The number of nitrogens with one attached hydrogen (secondary N) is 2. The quantitative estimate of drug-likeness (QED) is 0.686. The van der Waals surface area contributed by atoms with Crippen molar-refractivity contribution in [2.24, 2.45) is 0 Å². The van der Waals surface area contributed by atoms with E-state index in [0.29, 0.717) is 11.5 Å². The predicted octanol–water partition coefficient (Wildman–Crippen LogP) is 0.779. The highest BCUT2D eigenvalue weighted by Gasteiger charge is 2.13. The number of carboxylic acid groups (broad SMARTS) is 1. The number of thiazole rings is 1. The monoisotopic (exact) mass is 243 g/mol. The minimum absolute atomic E-state index is 0.0479. The molecule has 0 saturated heterocycles. The van der Waals surface area contributed by atoms with E-state index in [-0.39, 0.29) is 18.1 Å². The Hall–Kier alpha value is -1.63. The Morgan fingerprint density at radius 3 is 2.94 bits per heavy atom. The van der Waals surface area contributed by atoms with Gasteiger partial charge in [-0.1, -0.05) is 6.92 Å². The lowest BCUT2D eigenvalue weighted by atomic mass is 10.4. The summed E-state index contributed by atoms with van der Waals surface area (Å²) >= 11 is 1.16. The Bertz CT molecular complexity index is 378. The van der Waals surface area contributed by atoms with E-state index < -0.39 is 5.97 Å². The predicted molar refractivity (Wildman–Crippen MR) is 60.9 cm³/mol. The highest BCUT2D eigenvalue weighted by Crippen LogP contribution is 2.19. The van der Waals surface area contributed by atoms with E-state index in [4.69, 9.17) is 5.11 Å². The number of anilines is 1. The van der Waals surface area contributed by atoms with Crippen LogP contribution in [0.2, 0.25) is 0 Å². The van der Waals surface area contributed by atoms with Crippen LogP contribution in [0.25, 0.3) is 0 Å². The molecule has 0 radical (unpaired) electrons. The number of nitrogens with zero attached hydrogens (tertiary/aromatic N) is 1. The van der Waals surface area contributed by atoms with Gasteiger partial charge < -0.3 is 15.7 Å². The van der Waals surface area contributed by atoms with Crippen molar-refractivity contribution in [3.63, 3.8) is 0 Å². The average Bonchev–Trinajstić information content (AvgIpc) is 2.71. The van der Waals surface area contributed by atoms with Gasteiger partial charge in [-0.25, -0.2) is 9.78 Å². The second-order valence-electron chi connectivity index (χ2n) is 3.04. The summed E-state index contributed by atoms with van der Waals surface area (Å²) in [5.41, 5.74) is 1.38. The Labute approximate surface area is 96.7 Å². The van der Waals surface area contributed by atoms with Gasteiger partial charge >= 0.3 is 5.97 Å². The van der Waals surface area contributed by atoms with Crippen LogP contribution in [0.3, 0.4) is 0 Å². The summed E-state index contributed by atoms with van der Waals surface area (Å²) in [7, 11) is 0. The van der Waals surface area contributed by atoms with Crippen molar-refractivity contribution >= 4 is 28.2 Å². The number of rotatable bonds is 6. The maximum Gasteiger partial charge on any atom is 0.357 e. The molecule has 0 atom stereocenters. The van der Waals surface area contributed by atoms with Crippen LogP contribution in [0.5, 0.6) is 0 Å². The Morgan fingerprint density at radius 2 is 2.31 bits per heavy atom. The number of carbonyl (C=O) groups excluding carboxylic acids is 1. The normalized spacial score (nSPS) is 9.81. The fourth-order valence-corrected chi connectivity index (χ4v) is 1.68. The van der Waals surface area contributed by atoms with Gasteiger partial charge in [0.05, 0.1) is 12.1 Å². The SMILES string of the molecule is CCCNC(=O)CNc1scnc1C(=O)O. The number of carbonyl (C=O) groups is 2. The molecule has 0 aliphatic rings. The lowest BCUT2D eigenvalue weighted by Crippen LogP contribution is -2.30. The Kier molecular flexibility index (Phi) is 4.71. The molecule has 0 aliphatic heterocycles. The van der Waals surface area contributed by atoms with E-state index in [1.54, 1.807) is 0 Å². The molecule has 16 heavy (non-hydrogen) atoms. The summed E-state index contributed by atoms with van der Waals surface area (Å²) < 4.78 is 0. The molecule has 1 heterocycles. The van der Waals surface area contributed by atoms with Gasteiger partial charge in [0.1, 0.15) is 5.00 Å². The molecular weight excluding hydrogens is 230 g/mol. The maximum absolute atomic E-state index is 11.2. The van der Waals surface area contributed by atoms with Gasteiger partial charge in [0.15, 0.2) is 5.69 Å². The van der Waals surface area contributed by atoms with E-state index in [0.717, 1.165) is 17.8 Å². The van der Waals surface area contributed by atoms with E-state index in [1.165, 1.54) is 5.51 Å². The molecular formula is C9H13N3O3S. The molecule has 0 fully saturated rings. The third-order valence-electron chi connectivity index (χ3n) is 1.75. The smallest absolute Gasteiger partial charge is 0.357 e. The van der Waals surface area contributed by atoms with Gasteiger partial charge in [0.2, 0.25) is 5.91 Å². The van der Waals surface area contributed by atoms with E-state index in [2.05, 4.69) is 15.6 Å². The van der Waals surface area contributed by atoms with Crippen molar-refractivity contribution in [1.82, 2.24) is 10.3 Å². The van der Waals surface area contributed by atoms with E-state index in [9.17, 15) is 9.59 Å². The molecule has 0 bridgehead atoms. The zero-order chi connectivity index (χ0) is 12.0. The molecule has 0 spiro atoms. The minimum Gasteiger partial charge on any atom is -0.476 e. The first-order chi connectivity index (χ1) is 7.65. The number of aromatic carboxylic acids is 1. The summed E-state index contributed by atoms with van der Waals surface area (Å²) in [5.74, 6) is -1.26. The first-order valence-electron chi connectivity index (χ1n) is 4.82. The largest absolute Gasteiger partial charge is 0.476 e.